The molecule has 0 aromatic heterocycles. The summed E-state index contributed by atoms with van der Waals surface area (Å²) in [5, 5.41) is 33.1. The topological polar surface area (TPSA) is 95.6 Å². The van der Waals surface area contributed by atoms with Gasteiger partial charge in [0.1, 0.15) is 5.75 Å². The molecule has 19 heavy (non-hydrogen) atoms. The second kappa shape index (κ2) is 5.99. The van der Waals surface area contributed by atoms with Crippen molar-refractivity contribution in [2.75, 3.05) is 6.54 Å². The number of nitrogens with one attached hydrogen (secondary N) is 1. The van der Waals surface area contributed by atoms with Gasteiger partial charge in [0.05, 0.1) is 11.0 Å². The van der Waals surface area contributed by atoms with Gasteiger partial charge in [0, 0.05) is 30.8 Å². The summed E-state index contributed by atoms with van der Waals surface area (Å²) in [6, 6.07) is 3.98. The summed E-state index contributed by atoms with van der Waals surface area (Å²) < 4.78 is 0. The molecule has 1 aromatic rings. The van der Waals surface area contributed by atoms with E-state index in [0.29, 0.717) is 18.7 Å². The zero-order valence-corrected chi connectivity index (χ0v) is 10.6. The Hall–Kier alpha value is -1.66. The zero-order valence-electron chi connectivity index (χ0n) is 10.6. The van der Waals surface area contributed by atoms with Crippen molar-refractivity contribution in [3.63, 3.8) is 0 Å². The van der Waals surface area contributed by atoms with E-state index in [0.717, 1.165) is 19.3 Å². The molecule has 1 aliphatic rings. The van der Waals surface area contributed by atoms with Gasteiger partial charge >= 0.3 is 0 Å². The van der Waals surface area contributed by atoms with Crippen LogP contribution in [0.2, 0.25) is 0 Å². The minimum atomic E-state index is -0.482. The number of hydrogen-bond donors (Lipinski definition) is 3. The lowest BCUT2D eigenvalue weighted by atomic mass is 10.1. The van der Waals surface area contributed by atoms with E-state index in [1.807, 2.05) is 0 Å². The fourth-order valence-corrected chi connectivity index (χ4v) is 2.47. The standard InChI is InChI=1S/C13H18N2O4/c16-12-3-1-2-9(12)7-14-8-10-6-11(15(18)19)4-5-13(10)17/h4-6,9,12,14,16-17H,1-3,7-8H2. The molecule has 2 unspecified atom stereocenters. The van der Waals surface area contributed by atoms with Crippen molar-refractivity contribution in [3.05, 3.63) is 33.9 Å². The molecular formula is C13H18N2O4. The molecule has 1 aromatic carbocycles. The van der Waals surface area contributed by atoms with Crippen molar-refractivity contribution in [3.8, 4) is 5.75 Å². The third kappa shape index (κ3) is 3.42. The third-order valence-corrected chi connectivity index (χ3v) is 3.61. The number of nitro groups is 1. The Bertz CT molecular complexity index is 464. The van der Waals surface area contributed by atoms with Crippen molar-refractivity contribution < 1.29 is 15.1 Å². The third-order valence-electron chi connectivity index (χ3n) is 3.61. The summed E-state index contributed by atoms with van der Waals surface area (Å²) in [6.07, 6.45) is 2.62. The molecule has 1 aliphatic carbocycles. The van der Waals surface area contributed by atoms with Gasteiger partial charge in [-0.3, -0.25) is 10.1 Å². The molecule has 0 heterocycles. The number of nitrogens with zero attached hydrogens (tertiary/aromatic N) is 1. The van der Waals surface area contributed by atoms with Crippen LogP contribution in [0.15, 0.2) is 18.2 Å². The van der Waals surface area contributed by atoms with Crippen LogP contribution in [0.3, 0.4) is 0 Å². The highest BCUT2D eigenvalue weighted by atomic mass is 16.6. The maximum absolute atomic E-state index is 10.7. The molecule has 0 aliphatic heterocycles. The van der Waals surface area contributed by atoms with E-state index in [9.17, 15) is 20.3 Å². The maximum Gasteiger partial charge on any atom is 0.270 e. The maximum atomic E-state index is 10.7. The first-order valence-electron chi connectivity index (χ1n) is 6.43. The van der Waals surface area contributed by atoms with Crippen LogP contribution in [0.1, 0.15) is 24.8 Å². The van der Waals surface area contributed by atoms with Gasteiger partial charge in [-0.15, -0.1) is 0 Å². The molecule has 6 nitrogen and oxygen atoms in total. The number of hydrogen-bond acceptors (Lipinski definition) is 5. The van der Waals surface area contributed by atoms with Crippen molar-refractivity contribution in [1.82, 2.24) is 5.32 Å². The number of benzene rings is 1. The van der Waals surface area contributed by atoms with Crippen LogP contribution in [0.25, 0.3) is 0 Å². The van der Waals surface area contributed by atoms with Gasteiger partial charge in [-0.1, -0.05) is 6.42 Å². The minimum Gasteiger partial charge on any atom is -0.508 e. The Labute approximate surface area is 111 Å². The van der Waals surface area contributed by atoms with Crippen LogP contribution < -0.4 is 5.32 Å². The number of phenols is 1. The number of rotatable bonds is 5. The van der Waals surface area contributed by atoms with E-state index in [1.54, 1.807) is 0 Å². The van der Waals surface area contributed by atoms with Crippen LogP contribution >= 0.6 is 0 Å². The first-order chi connectivity index (χ1) is 9.08. The molecule has 1 saturated carbocycles. The number of non-ortho nitro benzene ring substituents is 1. The van der Waals surface area contributed by atoms with Gasteiger partial charge < -0.3 is 15.5 Å². The summed E-state index contributed by atoms with van der Waals surface area (Å²) in [5.74, 6) is 0.283. The second-order valence-electron chi connectivity index (χ2n) is 4.96. The molecule has 0 bridgehead atoms. The van der Waals surface area contributed by atoms with E-state index < -0.39 is 4.92 Å². The van der Waals surface area contributed by atoms with Gasteiger partial charge in [0.15, 0.2) is 0 Å². The lowest BCUT2D eigenvalue weighted by Crippen LogP contribution is -2.27. The van der Waals surface area contributed by atoms with Crippen molar-refractivity contribution in [2.45, 2.75) is 31.9 Å². The summed E-state index contributed by atoms with van der Waals surface area (Å²) in [5.41, 5.74) is 0.470. The Morgan fingerprint density at radius 3 is 2.84 bits per heavy atom. The summed E-state index contributed by atoms with van der Waals surface area (Å²) in [4.78, 5) is 10.2. The van der Waals surface area contributed by atoms with Gasteiger partial charge in [-0.25, -0.2) is 0 Å². The molecule has 0 saturated heterocycles. The Kier molecular flexibility index (Phi) is 4.34. The largest absolute Gasteiger partial charge is 0.508 e. The van der Waals surface area contributed by atoms with E-state index in [1.165, 1.54) is 18.2 Å². The van der Waals surface area contributed by atoms with Gasteiger partial charge in [0.2, 0.25) is 0 Å². The number of aliphatic hydroxyl groups is 1. The van der Waals surface area contributed by atoms with Gasteiger partial charge in [-0.2, -0.15) is 0 Å². The molecule has 0 radical (unpaired) electrons. The average molecular weight is 266 g/mol. The smallest absolute Gasteiger partial charge is 0.270 e. The zero-order chi connectivity index (χ0) is 13.8. The van der Waals surface area contributed by atoms with Crippen molar-refractivity contribution in [1.29, 1.82) is 0 Å². The second-order valence-corrected chi connectivity index (χ2v) is 4.96. The molecule has 3 N–H and O–H groups in total. The Morgan fingerprint density at radius 1 is 1.42 bits per heavy atom. The SMILES string of the molecule is O=[N+]([O-])c1ccc(O)c(CNCC2CCCC2O)c1. The van der Waals surface area contributed by atoms with Crippen molar-refractivity contribution in [2.24, 2.45) is 5.92 Å². The van der Waals surface area contributed by atoms with Gasteiger partial charge in [0.25, 0.3) is 5.69 Å². The Balaban J connectivity index is 1.91. The molecule has 1 fully saturated rings. The molecule has 6 heteroatoms. The molecular weight excluding hydrogens is 248 g/mol. The highest BCUT2D eigenvalue weighted by Gasteiger charge is 2.24. The first kappa shape index (κ1) is 13.8. The number of aromatic hydroxyl groups is 1. The highest BCUT2D eigenvalue weighted by Crippen LogP contribution is 2.26. The Morgan fingerprint density at radius 2 is 2.21 bits per heavy atom. The lowest BCUT2D eigenvalue weighted by Gasteiger charge is -2.15. The van der Waals surface area contributed by atoms with Crippen LogP contribution in [-0.4, -0.2) is 27.8 Å². The van der Waals surface area contributed by atoms with Gasteiger partial charge in [-0.05, 0) is 24.8 Å². The van der Waals surface area contributed by atoms with Crippen LogP contribution in [0.4, 0.5) is 5.69 Å². The summed E-state index contributed by atoms with van der Waals surface area (Å²) in [6.45, 7) is 1.01. The summed E-state index contributed by atoms with van der Waals surface area (Å²) >= 11 is 0. The fourth-order valence-electron chi connectivity index (χ4n) is 2.47. The fraction of sp³-hybridized carbons (Fsp3) is 0.538. The molecule has 0 amide bonds. The van der Waals surface area contributed by atoms with E-state index in [-0.39, 0.29) is 23.5 Å². The monoisotopic (exact) mass is 266 g/mol. The highest BCUT2D eigenvalue weighted by molar-refractivity contribution is 5.42. The molecule has 104 valence electrons. The van der Waals surface area contributed by atoms with Crippen LogP contribution in [0.5, 0.6) is 5.75 Å². The normalized spacial score (nSPS) is 22.6. The lowest BCUT2D eigenvalue weighted by molar-refractivity contribution is -0.384. The van der Waals surface area contributed by atoms with E-state index >= 15 is 0 Å². The van der Waals surface area contributed by atoms with Crippen LogP contribution in [0, 0.1) is 16.0 Å². The first-order valence-corrected chi connectivity index (χ1v) is 6.43. The summed E-state index contributed by atoms with van der Waals surface area (Å²) in [7, 11) is 0. The predicted octanol–water partition coefficient (Wildman–Crippen LogP) is 1.55. The molecule has 2 rings (SSSR count). The average Bonchev–Trinajstić information content (AvgIpc) is 2.77. The molecule has 0 spiro atoms. The number of aliphatic hydroxyl groups excluding tert-OH is 1. The predicted molar refractivity (Wildman–Crippen MR) is 69.8 cm³/mol. The van der Waals surface area contributed by atoms with E-state index in [4.69, 9.17) is 0 Å². The minimum absolute atomic E-state index is 0.0319. The number of phenolic OH excluding ortho intramolecular Hbond substituents is 1. The van der Waals surface area contributed by atoms with Crippen molar-refractivity contribution >= 4 is 5.69 Å². The van der Waals surface area contributed by atoms with Crippen LogP contribution in [-0.2, 0) is 6.54 Å². The van der Waals surface area contributed by atoms with E-state index in [2.05, 4.69) is 5.32 Å². The molecule has 2 atom stereocenters. The number of nitro benzene ring substituents is 1. The quantitative estimate of drug-likeness (QED) is 0.555.